The van der Waals surface area contributed by atoms with Crippen LogP contribution in [0.3, 0.4) is 0 Å². The number of anilines is 1. The van der Waals surface area contributed by atoms with Crippen molar-refractivity contribution in [2.45, 2.75) is 32.6 Å². The number of hydrogen-bond donors (Lipinski definition) is 2. The summed E-state index contributed by atoms with van der Waals surface area (Å²) in [5.74, 6) is 3.38. The quantitative estimate of drug-likeness (QED) is 0.515. The first-order valence-electron chi connectivity index (χ1n) is 11.9. The molecule has 0 bridgehead atoms. The third kappa shape index (κ3) is 5.08. The van der Waals surface area contributed by atoms with Gasteiger partial charge >= 0.3 is 0 Å². The van der Waals surface area contributed by atoms with Crippen molar-refractivity contribution in [1.29, 1.82) is 0 Å². The van der Waals surface area contributed by atoms with Gasteiger partial charge in [0.05, 0.1) is 22.9 Å². The molecule has 0 radical (unpaired) electrons. The first-order valence-corrected chi connectivity index (χ1v) is 12.3. The maximum atomic E-state index is 12.8. The van der Waals surface area contributed by atoms with Crippen LogP contribution in [0.2, 0.25) is 5.02 Å². The number of rotatable bonds is 5. The van der Waals surface area contributed by atoms with Gasteiger partial charge in [-0.1, -0.05) is 17.7 Å². The number of allylic oxidation sites excluding steroid dienone is 1. The lowest BCUT2D eigenvalue weighted by Crippen LogP contribution is -2.35. The van der Waals surface area contributed by atoms with Crippen LogP contribution in [-0.4, -0.2) is 56.8 Å². The predicted molar refractivity (Wildman–Crippen MR) is 128 cm³/mol. The van der Waals surface area contributed by atoms with Crippen LogP contribution >= 0.6 is 11.6 Å². The smallest absolute Gasteiger partial charge is 0.255 e. The summed E-state index contributed by atoms with van der Waals surface area (Å²) in [6.07, 6.45) is 5.84. The number of halogens is 1. The second-order valence-corrected chi connectivity index (χ2v) is 9.87. The van der Waals surface area contributed by atoms with Gasteiger partial charge in [-0.3, -0.25) is 4.79 Å². The number of nitrogens with two attached hydrogens (primary N) is 1. The van der Waals surface area contributed by atoms with Crippen LogP contribution in [0.4, 0.5) is 5.69 Å². The van der Waals surface area contributed by atoms with E-state index in [2.05, 4.69) is 16.8 Å². The average Bonchev–Trinajstić information content (AvgIpc) is 3.26. The molecule has 1 aromatic carbocycles. The number of likely N-dealkylation sites (tertiary alicyclic amines) is 1. The van der Waals surface area contributed by atoms with Gasteiger partial charge in [0.2, 0.25) is 0 Å². The summed E-state index contributed by atoms with van der Waals surface area (Å²) in [5, 5.41) is 3.57. The van der Waals surface area contributed by atoms with Crippen molar-refractivity contribution in [1.82, 2.24) is 10.2 Å². The van der Waals surface area contributed by atoms with E-state index in [-0.39, 0.29) is 5.91 Å². The number of fused-ring (bicyclic) bond motifs is 2. The van der Waals surface area contributed by atoms with Gasteiger partial charge in [-0.15, -0.1) is 6.58 Å². The first-order chi connectivity index (χ1) is 15.5. The molecular weight excluding hydrogens is 426 g/mol. The Morgan fingerprint density at radius 3 is 2.69 bits per heavy atom. The Bertz CT molecular complexity index is 828. The van der Waals surface area contributed by atoms with Crippen LogP contribution in [0, 0.1) is 23.7 Å². The van der Waals surface area contributed by atoms with E-state index in [0.29, 0.717) is 34.5 Å². The topological polar surface area (TPSA) is 76.8 Å². The van der Waals surface area contributed by atoms with Crippen molar-refractivity contribution in [3.63, 3.8) is 0 Å². The van der Waals surface area contributed by atoms with Crippen molar-refractivity contribution in [2.24, 2.45) is 23.7 Å². The van der Waals surface area contributed by atoms with Crippen LogP contribution in [0.5, 0.6) is 5.75 Å². The molecule has 1 saturated carbocycles. The molecule has 0 spiro atoms. The number of piperidine rings is 1. The highest BCUT2D eigenvalue weighted by Gasteiger charge is 2.55. The van der Waals surface area contributed by atoms with Crippen molar-refractivity contribution < 1.29 is 14.3 Å². The number of hydrogen-bond acceptors (Lipinski definition) is 5. The first kappa shape index (κ1) is 23.4. The molecule has 7 heteroatoms. The molecule has 3 aliphatic heterocycles. The zero-order chi connectivity index (χ0) is 22.7. The SMILES string of the molecule is C=CC.Nc1c(Cl)cc(C(=O)NCC2C3CN(CC4CCOCC4)CC23)c2c1CCCO2. The van der Waals surface area contributed by atoms with Gasteiger partial charge in [-0.2, -0.15) is 0 Å². The molecule has 1 aromatic rings. The van der Waals surface area contributed by atoms with Gasteiger partial charge < -0.3 is 25.4 Å². The standard InChI is InChI=1S/C22H30ClN3O3.C3H6/c23-19-8-15(21-14(20(19)24)2-1-5-29-21)22(27)25-9-16-17-11-26(12-18(16)17)10-13-3-6-28-7-4-13;1-3-2/h8,13,16-18H,1-7,9-12,24H2,(H,25,27);3H,1H2,2H3. The minimum atomic E-state index is -0.103. The molecule has 1 amide bonds. The van der Waals surface area contributed by atoms with Crippen LogP contribution in [-0.2, 0) is 11.2 Å². The molecule has 4 aliphatic rings. The van der Waals surface area contributed by atoms with E-state index in [9.17, 15) is 4.79 Å². The number of nitrogens with one attached hydrogen (secondary N) is 1. The average molecular weight is 462 g/mol. The fraction of sp³-hybridized carbons (Fsp3) is 0.640. The van der Waals surface area contributed by atoms with E-state index in [1.165, 1.54) is 32.5 Å². The summed E-state index contributed by atoms with van der Waals surface area (Å²) in [6, 6.07) is 1.65. The third-order valence-corrected chi connectivity index (χ3v) is 7.55. The summed E-state index contributed by atoms with van der Waals surface area (Å²) in [5.41, 5.74) is 8.03. The van der Waals surface area contributed by atoms with Gasteiger partial charge in [0.15, 0.2) is 0 Å². The van der Waals surface area contributed by atoms with Crippen molar-refractivity contribution in [3.05, 3.63) is 34.9 Å². The zero-order valence-electron chi connectivity index (χ0n) is 19.1. The van der Waals surface area contributed by atoms with Crippen LogP contribution in [0.1, 0.15) is 42.1 Å². The normalized spacial score (nSPS) is 26.8. The van der Waals surface area contributed by atoms with E-state index in [1.54, 1.807) is 12.1 Å². The molecule has 2 unspecified atom stereocenters. The predicted octanol–water partition coefficient (Wildman–Crippen LogP) is 3.77. The Kier molecular flexibility index (Phi) is 7.64. The van der Waals surface area contributed by atoms with Crippen molar-refractivity contribution >= 4 is 23.2 Å². The largest absolute Gasteiger partial charge is 0.492 e. The molecule has 5 rings (SSSR count). The molecule has 32 heavy (non-hydrogen) atoms. The number of ether oxygens (including phenoxy) is 2. The molecule has 3 fully saturated rings. The monoisotopic (exact) mass is 461 g/mol. The molecule has 176 valence electrons. The molecule has 6 nitrogen and oxygen atoms in total. The van der Waals surface area contributed by atoms with Crippen LogP contribution in [0.25, 0.3) is 0 Å². The molecule has 1 aliphatic carbocycles. The number of nitrogens with zero attached hydrogens (tertiary/aromatic N) is 1. The zero-order valence-corrected chi connectivity index (χ0v) is 19.8. The molecule has 0 aromatic heterocycles. The summed E-state index contributed by atoms with van der Waals surface area (Å²) in [4.78, 5) is 15.5. The highest BCUT2D eigenvalue weighted by molar-refractivity contribution is 6.33. The molecular formula is C25H36ClN3O3. The lowest BCUT2D eigenvalue weighted by molar-refractivity contribution is 0.0535. The van der Waals surface area contributed by atoms with E-state index >= 15 is 0 Å². The third-order valence-electron chi connectivity index (χ3n) is 7.24. The highest BCUT2D eigenvalue weighted by atomic mass is 35.5. The Labute approximate surface area is 196 Å². The van der Waals surface area contributed by atoms with Crippen LogP contribution in [0.15, 0.2) is 18.7 Å². The van der Waals surface area contributed by atoms with E-state index in [1.807, 2.05) is 6.92 Å². The van der Waals surface area contributed by atoms with E-state index in [4.69, 9.17) is 26.8 Å². The minimum absolute atomic E-state index is 0.103. The van der Waals surface area contributed by atoms with Gasteiger partial charge in [-0.05, 0) is 62.3 Å². The number of nitrogen functional groups attached to an aromatic ring is 1. The second-order valence-electron chi connectivity index (χ2n) is 9.46. The summed E-state index contributed by atoms with van der Waals surface area (Å²) in [6.45, 7) is 12.0. The number of carbonyl (C=O) groups excluding carboxylic acids is 1. The Morgan fingerprint density at radius 1 is 1.31 bits per heavy atom. The summed E-state index contributed by atoms with van der Waals surface area (Å²) >= 11 is 6.27. The fourth-order valence-corrected chi connectivity index (χ4v) is 5.72. The Morgan fingerprint density at radius 2 is 2.00 bits per heavy atom. The number of benzene rings is 1. The molecule has 2 saturated heterocycles. The minimum Gasteiger partial charge on any atom is -0.492 e. The lowest BCUT2D eigenvalue weighted by atomic mass is 9.99. The fourth-order valence-electron chi connectivity index (χ4n) is 5.49. The molecule has 3 N–H and O–H groups in total. The Balaban J connectivity index is 0.000000775. The molecule has 2 atom stereocenters. The maximum absolute atomic E-state index is 12.8. The van der Waals surface area contributed by atoms with E-state index < -0.39 is 0 Å². The second kappa shape index (κ2) is 10.4. The van der Waals surface area contributed by atoms with Crippen molar-refractivity contribution in [2.75, 3.05) is 51.7 Å². The van der Waals surface area contributed by atoms with E-state index in [0.717, 1.165) is 55.9 Å². The van der Waals surface area contributed by atoms with Gasteiger partial charge in [-0.25, -0.2) is 0 Å². The summed E-state index contributed by atoms with van der Waals surface area (Å²) in [7, 11) is 0. The number of carbonyl (C=O) groups is 1. The van der Waals surface area contributed by atoms with Gasteiger partial charge in [0.25, 0.3) is 5.91 Å². The van der Waals surface area contributed by atoms with Gasteiger partial charge in [0, 0.05) is 45.0 Å². The molecule has 3 heterocycles. The Hall–Kier alpha value is -1.76. The summed E-state index contributed by atoms with van der Waals surface area (Å²) < 4.78 is 11.2. The maximum Gasteiger partial charge on any atom is 0.255 e. The van der Waals surface area contributed by atoms with Crippen LogP contribution < -0.4 is 15.8 Å². The highest BCUT2D eigenvalue weighted by Crippen LogP contribution is 2.51. The number of amides is 1. The van der Waals surface area contributed by atoms with Crippen molar-refractivity contribution in [3.8, 4) is 5.75 Å². The lowest BCUT2D eigenvalue weighted by Gasteiger charge is -2.28. The van der Waals surface area contributed by atoms with Gasteiger partial charge in [0.1, 0.15) is 5.75 Å².